The molecule has 166 valence electrons. The molecule has 2 heterocycles. The van der Waals surface area contributed by atoms with Crippen molar-refractivity contribution in [3.8, 4) is 11.4 Å². The molecular formula is C28H27N3O2. The highest BCUT2D eigenvalue weighted by Gasteiger charge is 2.33. The number of para-hydroxylation sites is 1. The average Bonchev–Trinajstić information content (AvgIpc) is 3.28. The lowest BCUT2D eigenvalue weighted by atomic mass is 10.00. The standard InChI is InChI=1S/C28H27N3O2/c1-3-20-13-15-21(16-14-20)27-26-12-7-17-30(26)25-11-5-4-8-22(25)19-31(27)28(32)29-23-9-6-10-24(18-23)33-2/h4-18,27H,3,19H2,1-2H3,(H,29,32)/t27-/m1/s1. The molecule has 0 saturated heterocycles. The summed E-state index contributed by atoms with van der Waals surface area (Å²) in [5.74, 6) is 0.703. The minimum atomic E-state index is -0.232. The van der Waals surface area contributed by atoms with Gasteiger partial charge in [0, 0.05) is 23.6 Å². The van der Waals surface area contributed by atoms with Gasteiger partial charge in [0.1, 0.15) is 5.75 Å². The Morgan fingerprint density at radius 2 is 1.82 bits per heavy atom. The number of hydrogen-bond acceptors (Lipinski definition) is 2. The van der Waals surface area contributed by atoms with Crippen LogP contribution in [0, 0.1) is 0 Å². The maximum Gasteiger partial charge on any atom is 0.322 e. The molecule has 4 aromatic rings. The molecule has 2 amide bonds. The molecular weight excluding hydrogens is 410 g/mol. The van der Waals surface area contributed by atoms with E-state index in [4.69, 9.17) is 4.74 Å². The molecule has 1 aliphatic rings. The first-order valence-electron chi connectivity index (χ1n) is 11.2. The number of nitrogens with one attached hydrogen (secondary N) is 1. The molecule has 1 aliphatic heterocycles. The highest BCUT2D eigenvalue weighted by Crippen LogP contribution is 2.37. The van der Waals surface area contributed by atoms with Gasteiger partial charge in [-0.2, -0.15) is 0 Å². The lowest BCUT2D eigenvalue weighted by molar-refractivity contribution is 0.194. The van der Waals surface area contributed by atoms with Crippen LogP contribution in [0.15, 0.2) is 91.1 Å². The van der Waals surface area contributed by atoms with E-state index in [9.17, 15) is 4.79 Å². The molecule has 33 heavy (non-hydrogen) atoms. The van der Waals surface area contributed by atoms with Crippen LogP contribution < -0.4 is 10.1 Å². The summed E-state index contributed by atoms with van der Waals surface area (Å²) in [5, 5.41) is 3.09. The van der Waals surface area contributed by atoms with E-state index >= 15 is 0 Å². The number of methoxy groups -OCH3 is 1. The zero-order chi connectivity index (χ0) is 22.8. The van der Waals surface area contributed by atoms with Crippen LogP contribution in [0.3, 0.4) is 0 Å². The summed E-state index contributed by atoms with van der Waals surface area (Å²) in [6.45, 7) is 2.64. The first kappa shape index (κ1) is 20.9. The van der Waals surface area contributed by atoms with Crippen LogP contribution in [0.4, 0.5) is 10.5 Å². The topological polar surface area (TPSA) is 46.5 Å². The number of fused-ring (bicyclic) bond motifs is 3. The smallest absolute Gasteiger partial charge is 0.322 e. The Labute approximate surface area is 194 Å². The summed E-state index contributed by atoms with van der Waals surface area (Å²) in [4.78, 5) is 15.6. The number of aryl methyl sites for hydroxylation is 1. The van der Waals surface area contributed by atoms with Gasteiger partial charge in [-0.1, -0.05) is 55.5 Å². The van der Waals surface area contributed by atoms with Crippen LogP contribution in [0.1, 0.15) is 35.3 Å². The first-order chi connectivity index (χ1) is 16.2. The van der Waals surface area contributed by atoms with Crippen LogP contribution in [-0.2, 0) is 13.0 Å². The van der Waals surface area contributed by atoms with Crippen molar-refractivity contribution in [2.75, 3.05) is 12.4 Å². The molecule has 1 atom stereocenters. The number of hydrogen-bond donors (Lipinski definition) is 1. The van der Waals surface area contributed by atoms with Gasteiger partial charge in [-0.25, -0.2) is 4.79 Å². The maximum absolute atomic E-state index is 13.7. The Bertz CT molecular complexity index is 1280. The largest absolute Gasteiger partial charge is 0.497 e. The van der Waals surface area contributed by atoms with E-state index in [0.29, 0.717) is 18.0 Å². The van der Waals surface area contributed by atoms with Crippen LogP contribution in [0.2, 0.25) is 0 Å². The Kier molecular flexibility index (Phi) is 5.61. The fraction of sp³-hybridized carbons (Fsp3) is 0.179. The Balaban J connectivity index is 1.60. The lowest BCUT2D eigenvalue weighted by Gasteiger charge is -2.31. The van der Waals surface area contributed by atoms with Gasteiger partial charge in [0.25, 0.3) is 0 Å². The number of aromatic nitrogens is 1. The number of amides is 2. The molecule has 5 rings (SSSR count). The van der Waals surface area contributed by atoms with Crippen molar-refractivity contribution < 1.29 is 9.53 Å². The molecule has 0 bridgehead atoms. The fourth-order valence-corrected chi connectivity index (χ4v) is 4.52. The van der Waals surface area contributed by atoms with Crippen molar-refractivity contribution in [3.05, 3.63) is 114 Å². The van der Waals surface area contributed by atoms with Crippen molar-refractivity contribution >= 4 is 11.7 Å². The Morgan fingerprint density at radius 3 is 2.61 bits per heavy atom. The third-order valence-corrected chi connectivity index (χ3v) is 6.25. The quantitative estimate of drug-likeness (QED) is 0.414. The Hall–Kier alpha value is -3.99. The predicted octanol–water partition coefficient (Wildman–Crippen LogP) is 6.19. The highest BCUT2D eigenvalue weighted by molar-refractivity contribution is 5.90. The van der Waals surface area contributed by atoms with Crippen molar-refractivity contribution in [2.45, 2.75) is 25.9 Å². The third-order valence-electron chi connectivity index (χ3n) is 6.25. The molecule has 0 aliphatic carbocycles. The van der Waals surface area contributed by atoms with Crippen LogP contribution >= 0.6 is 0 Å². The van der Waals surface area contributed by atoms with E-state index in [1.165, 1.54) is 5.56 Å². The molecule has 0 unspecified atom stereocenters. The van der Waals surface area contributed by atoms with Crippen LogP contribution in [0.25, 0.3) is 5.69 Å². The van der Waals surface area contributed by atoms with Gasteiger partial charge in [0.2, 0.25) is 0 Å². The second kappa shape index (κ2) is 8.87. The molecule has 0 saturated carbocycles. The number of carbonyl (C=O) groups excluding carboxylic acids is 1. The van der Waals surface area contributed by atoms with Crippen molar-refractivity contribution in [3.63, 3.8) is 0 Å². The monoisotopic (exact) mass is 437 g/mol. The number of carbonyl (C=O) groups is 1. The van der Waals surface area contributed by atoms with Gasteiger partial charge in [-0.05, 0) is 53.4 Å². The van der Waals surface area contributed by atoms with E-state index in [0.717, 1.165) is 28.9 Å². The van der Waals surface area contributed by atoms with E-state index in [1.807, 2.05) is 47.4 Å². The van der Waals surface area contributed by atoms with Crippen LogP contribution in [-0.4, -0.2) is 22.6 Å². The van der Waals surface area contributed by atoms with Gasteiger partial charge in [0.05, 0.1) is 25.4 Å². The summed E-state index contributed by atoms with van der Waals surface area (Å²) in [6, 6.07) is 28.1. The van der Waals surface area contributed by atoms with Gasteiger partial charge in [-0.3, -0.25) is 0 Å². The van der Waals surface area contributed by atoms with Crippen molar-refractivity contribution in [2.24, 2.45) is 0 Å². The SMILES string of the molecule is CCc1ccc([C@@H]2c3cccn3-c3ccccc3CN2C(=O)Nc2cccc(OC)c2)cc1. The van der Waals surface area contributed by atoms with E-state index in [-0.39, 0.29) is 12.1 Å². The molecule has 0 fully saturated rings. The lowest BCUT2D eigenvalue weighted by Crippen LogP contribution is -2.37. The van der Waals surface area contributed by atoms with E-state index < -0.39 is 0 Å². The summed E-state index contributed by atoms with van der Waals surface area (Å²) >= 11 is 0. The number of nitrogens with zero attached hydrogens (tertiary/aromatic N) is 2. The third kappa shape index (κ3) is 3.98. The van der Waals surface area contributed by atoms with Gasteiger partial charge in [-0.15, -0.1) is 0 Å². The summed E-state index contributed by atoms with van der Waals surface area (Å²) in [5.41, 5.74) is 6.32. The summed E-state index contributed by atoms with van der Waals surface area (Å²) in [6.07, 6.45) is 3.05. The zero-order valence-electron chi connectivity index (χ0n) is 18.9. The molecule has 3 aromatic carbocycles. The van der Waals surface area contributed by atoms with Gasteiger partial charge < -0.3 is 19.5 Å². The number of anilines is 1. The summed E-state index contributed by atoms with van der Waals surface area (Å²) in [7, 11) is 1.62. The molecule has 1 aromatic heterocycles. The van der Waals surface area contributed by atoms with E-state index in [2.05, 4.69) is 65.5 Å². The maximum atomic E-state index is 13.7. The Morgan fingerprint density at radius 1 is 1.00 bits per heavy atom. The number of ether oxygens (including phenoxy) is 1. The van der Waals surface area contributed by atoms with Crippen LogP contribution in [0.5, 0.6) is 5.75 Å². The molecule has 0 radical (unpaired) electrons. The van der Waals surface area contributed by atoms with Crippen molar-refractivity contribution in [1.29, 1.82) is 0 Å². The van der Waals surface area contributed by atoms with E-state index in [1.54, 1.807) is 7.11 Å². The summed E-state index contributed by atoms with van der Waals surface area (Å²) < 4.78 is 7.53. The van der Waals surface area contributed by atoms with Crippen molar-refractivity contribution in [1.82, 2.24) is 9.47 Å². The molecule has 5 heteroatoms. The number of rotatable bonds is 4. The minimum Gasteiger partial charge on any atom is -0.497 e. The second-order valence-electron chi connectivity index (χ2n) is 8.22. The molecule has 1 N–H and O–H groups in total. The zero-order valence-corrected chi connectivity index (χ0v) is 18.9. The van der Waals surface area contributed by atoms with Gasteiger partial charge in [0.15, 0.2) is 0 Å². The molecule has 0 spiro atoms. The normalized spacial score (nSPS) is 14.7. The minimum absolute atomic E-state index is 0.155. The molecule has 5 nitrogen and oxygen atoms in total. The highest BCUT2D eigenvalue weighted by atomic mass is 16.5. The number of urea groups is 1. The van der Waals surface area contributed by atoms with Gasteiger partial charge >= 0.3 is 6.03 Å². The second-order valence-corrected chi connectivity index (χ2v) is 8.22. The first-order valence-corrected chi connectivity index (χ1v) is 11.2. The average molecular weight is 438 g/mol. The predicted molar refractivity (Wildman–Crippen MR) is 131 cm³/mol. The fourth-order valence-electron chi connectivity index (χ4n) is 4.52. The number of benzene rings is 3.